The highest BCUT2D eigenvalue weighted by Crippen LogP contribution is 2.38. The molecule has 0 aromatic rings. The summed E-state index contributed by atoms with van der Waals surface area (Å²) in [4.78, 5) is 13.7. The van der Waals surface area contributed by atoms with E-state index in [-0.39, 0.29) is 24.4 Å². The Morgan fingerprint density at radius 1 is 1.50 bits per heavy atom. The second-order valence-corrected chi connectivity index (χ2v) is 6.30. The van der Waals surface area contributed by atoms with Crippen LogP contribution in [0.15, 0.2) is 0 Å². The van der Waals surface area contributed by atoms with E-state index < -0.39 is 5.60 Å². The van der Waals surface area contributed by atoms with Crippen LogP contribution >= 0.6 is 0 Å². The zero-order valence-corrected chi connectivity index (χ0v) is 11.4. The molecule has 1 spiro atoms. The topological polar surface area (TPSA) is 59.0 Å². The van der Waals surface area contributed by atoms with E-state index in [4.69, 9.17) is 14.6 Å². The molecule has 2 heterocycles. The summed E-state index contributed by atoms with van der Waals surface area (Å²) < 4.78 is 11.2. The minimum Gasteiger partial charge on any atom is -0.444 e. The molecule has 0 saturated carbocycles. The molecule has 2 saturated heterocycles. The predicted molar refractivity (Wildman–Crippen MR) is 66.3 cm³/mol. The molecule has 104 valence electrons. The average molecular weight is 257 g/mol. The number of carbonyl (C=O) groups is 1. The van der Waals surface area contributed by atoms with Gasteiger partial charge in [0.05, 0.1) is 24.9 Å². The van der Waals surface area contributed by atoms with Crippen molar-refractivity contribution in [1.29, 1.82) is 0 Å². The van der Waals surface area contributed by atoms with Crippen molar-refractivity contribution in [3.05, 3.63) is 0 Å². The van der Waals surface area contributed by atoms with E-state index in [9.17, 15) is 4.79 Å². The Bertz CT molecular complexity index is 325. The molecule has 18 heavy (non-hydrogen) atoms. The molecular weight excluding hydrogens is 234 g/mol. The second-order valence-electron chi connectivity index (χ2n) is 6.30. The Morgan fingerprint density at radius 3 is 2.78 bits per heavy atom. The van der Waals surface area contributed by atoms with Crippen molar-refractivity contribution in [3.63, 3.8) is 0 Å². The van der Waals surface area contributed by atoms with Gasteiger partial charge >= 0.3 is 6.09 Å². The lowest BCUT2D eigenvalue weighted by Crippen LogP contribution is -2.39. The maximum Gasteiger partial charge on any atom is 0.410 e. The van der Waals surface area contributed by atoms with Crippen LogP contribution in [0.25, 0.3) is 0 Å². The summed E-state index contributed by atoms with van der Waals surface area (Å²) >= 11 is 0. The molecule has 0 aromatic heterocycles. The third-order valence-corrected chi connectivity index (χ3v) is 3.51. The molecule has 5 nitrogen and oxygen atoms in total. The van der Waals surface area contributed by atoms with E-state index in [1.807, 2.05) is 20.8 Å². The predicted octanol–water partition coefficient (Wildman–Crippen LogP) is 1.54. The summed E-state index contributed by atoms with van der Waals surface area (Å²) in [5.74, 6) is 0. The minimum absolute atomic E-state index is 0.0637. The Hall–Kier alpha value is -0.810. The van der Waals surface area contributed by atoms with E-state index >= 15 is 0 Å². The Morgan fingerprint density at radius 2 is 2.22 bits per heavy atom. The molecule has 2 atom stereocenters. The fourth-order valence-corrected chi connectivity index (χ4v) is 2.65. The molecule has 2 fully saturated rings. The quantitative estimate of drug-likeness (QED) is 0.774. The number of rotatable bonds is 1. The SMILES string of the molecule is CC(C)(C)OC(=O)N1CCC2(CCC(CO)O2)C1. The van der Waals surface area contributed by atoms with Gasteiger partial charge in [-0.2, -0.15) is 0 Å². The summed E-state index contributed by atoms with van der Waals surface area (Å²) in [7, 11) is 0. The van der Waals surface area contributed by atoms with Crippen molar-refractivity contribution in [3.8, 4) is 0 Å². The highest BCUT2D eigenvalue weighted by molar-refractivity contribution is 5.68. The maximum atomic E-state index is 12.0. The van der Waals surface area contributed by atoms with Crippen LogP contribution in [-0.4, -0.2) is 53.1 Å². The first-order valence-corrected chi connectivity index (χ1v) is 6.60. The molecule has 0 bridgehead atoms. The third-order valence-electron chi connectivity index (χ3n) is 3.51. The van der Waals surface area contributed by atoms with E-state index in [1.54, 1.807) is 4.90 Å². The lowest BCUT2D eigenvalue weighted by atomic mass is 9.99. The van der Waals surface area contributed by atoms with Gasteiger partial charge in [-0.05, 0) is 40.0 Å². The lowest BCUT2D eigenvalue weighted by molar-refractivity contribution is -0.0533. The number of hydrogen-bond acceptors (Lipinski definition) is 4. The zero-order chi connectivity index (χ0) is 13.4. The standard InChI is InChI=1S/C13H23NO4/c1-12(2,3)18-11(16)14-7-6-13(9-14)5-4-10(8-15)17-13/h10,15H,4-9H2,1-3H3. The number of hydrogen-bond donors (Lipinski definition) is 1. The van der Waals surface area contributed by atoms with Gasteiger partial charge < -0.3 is 19.5 Å². The van der Waals surface area contributed by atoms with Gasteiger partial charge in [0.15, 0.2) is 0 Å². The van der Waals surface area contributed by atoms with Gasteiger partial charge in [0.1, 0.15) is 5.60 Å². The summed E-state index contributed by atoms with van der Waals surface area (Å²) in [6.45, 7) is 6.92. The monoisotopic (exact) mass is 257 g/mol. The van der Waals surface area contributed by atoms with Crippen LogP contribution in [0.1, 0.15) is 40.0 Å². The first kappa shape index (κ1) is 13.6. The van der Waals surface area contributed by atoms with Gasteiger partial charge in [0.2, 0.25) is 0 Å². The van der Waals surface area contributed by atoms with Gasteiger partial charge in [-0.15, -0.1) is 0 Å². The van der Waals surface area contributed by atoms with Gasteiger partial charge in [-0.25, -0.2) is 4.79 Å². The van der Waals surface area contributed by atoms with Crippen molar-refractivity contribution >= 4 is 6.09 Å². The number of aliphatic hydroxyl groups excluding tert-OH is 1. The van der Waals surface area contributed by atoms with E-state index in [0.717, 1.165) is 19.3 Å². The molecule has 1 amide bonds. The van der Waals surface area contributed by atoms with Crippen LogP contribution in [0.3, 0.4) is 0 Å². The van der Waals surface area contributed by atoms with Crippen molar-refractivity contribution in [2.75, 3.05) is 19.7 Å². The molecule has 0 aromatic carbocycles. The van der Waals surface area contributed by atoms with E-state index in [2.05, 4.69) is 0 Å². The van der Waals surface area contributed by atoms with Crippen LogP contribution in [0.5, 0.6) is 0 Å². The zero-order valence-electron chi connectivity index (χ0n) is 11.4. The first-order valence-electron chi connectivity index (χ1n) is 6.60. The van der Waals surface area contributed by atoms with Crippen molar-refractivity contribution in [2.45, 2.75) is 57.3 Å². The normalized spacial score (nSPS) is 32.2. The number of aliphatic hydroxyl groups is 1. The molecule has 0 radical (unpaired) electrons. The fourth-order valence-electron chi connectivity index (χ4n) is 2.65. The summed E-state index contributed by atoms with van der Waals surface area (Å²) in [5, 5.41) is 9.11. The molecule has 2 unspecified atom stereocenters. The number of amides is 1. The van der Waals surface area contributed by atoms with Gasteiger partial charge in [0.25, 0.3) is 0 Å². The van der Waals surface area contributed by atoms with E-state index in [0.29, 0.717) is 13.1 Å². The lowest BCUT2D eigenvalue weighted by Gasteiger charge is -2.27. The highest BCUT2D eigenvalue weighted by Gasteiger charge is 2.47. The van der Waals surface area contributed by atoms with Gasteiger partial charge in [-0.3, -0.25) is 0 Å². The van der Waals surface area contributed by atoms with Crippen LogP contribution in [-0.2, 0) is 9.47 Å². The molecule has 5 heteroatoms. The first-order chi connectivity index (χ1) is 8.34. The fraction of sp³-hybridized carbons (Fsp3) is 0.923. The van der Waals surface area contributed by atoms with Gasteiger partial charge in [0, 0.05) is 6.54 Å². The molecule has 2 rings (SSSR count). The Balaban J connectivity index is 1.91. The number of ether oxygens (including phenoxy) is 2. The van der Waals surface area contributed by atoms with Crippen LogP contribution in [0.2, 0.25) is 0 Å². The van der Waals surface area contributed by atoms with Crippen molar-refractivity contribution in [1.82, 2.24) is 4.90 Å². The minimum atomic E-state index is -0.461. The number of nitrogens with zero attached hydrogens (tertiary/aromatic N) is 1. The van der Waals surface area contributed by atoms with Crippen LogP contribution in [0.4, 0.5) is 4.79 Å². The van der Waals surface area contributed by atoms with Crippen LogP contribution < -0.4 is 0 Å². The molecular formula is C13H23NO4. The number of likely N-dealkylation sites (tertiary alicyclic amines) is 1. The molecule has 2 aliphatic rings. The smallest absolute Gasteiger partial charge is 0.410 e. The van der Waals surface area contributed by atoms with E-state index in [1.165, 1.54) is 0 Å². The second kappa shape index (κ2) is 4.70. The highest BCUT2D eigenvalue weighted by atomic mass is 16.6. The average Bonchev–Trinajstić information content (AvgIpc) is 2.84. The molecule has 0 aliphatic carbocycles. The van der Waals surface area contributed by atoms with Crippen molar-refractivity contribution in [2.24, 2.45) is 0 Å². The molecule has 1 N–H and O–H groups in total. The number of carbonyl (C=O) groups excluding carboxylic acids is 1. The van der Waals surface area contributed by atoms with Crippen LogP contribution in [0, 0.1) is 0 Å². The largest absolute Gasteiger partial charge is 0.444 e. The molecule has 2 aliphatic heterocycles. The summed E-state index contributed by atoms with van der Waals surface area (Å²) in [5.41, 5.74) is -0.707. The third kappa shape index (κ3) is 2.95. The summed E-state index contributed by atoms with van der Waals surface area (Å²) in [6.07, 6.45) is 2.29. The Kier molecular flexibility index (Phi) is 3.56. The Labute approximate surface area is 108 Å². The van der Waals surface area contributed by atoms with Crippen molar-refractivity contribution < 1.29 is 19.4 Å². The maximum absolute atomic E-state index is 12.0. The van der Waals surface area contributed by atoms with Gasteiger partial charge in [-0.1, -0.05) is 0 Å². The summed E-state index contributed by atoms with van der Waals surface area (Å²) in [6, 6.07) is 0.